The van der Waals surface area contributed by atoms with Gasteiger partial charge in [-0.2, -0.15) is 11.8 Å². The summed E-state index contributed by atoms with van der Waals surface area (Å²) in [6.07, 6.45) is 20.2. The van der Waals surface area contributed by atoms with Gasteiger partial charge in [0.1, 0.15) is 0 Å². The predicted octanol–water partition coefficient (Wildman–Crippen LogP) is 5.49. The molecular formula is C22H52NO5PS. The lowest BCUT2D eigenvalue weighted by Crippen LogP contribution is -2.14. The van der Waals surface area contributed by atoms with Gasteiger partial charge in [-0.3, -0.25) is 4.57 Å². The minimum Gasteiger partial charge on any atom is -0.412 e. The van der Waals surface area contributed by atoms with Crippen LogP contribution in [0.2, 0.25) is 0 Å². The molecule has 2 unspecified atom stereocenters. The molecule has 0 fully saturated rings. The highest BCUT2D eigenvalue weighted by molar-refractivity contribution is 7.99. The maximum absolute atomic E-state index is 10.3. The zero-order chi connectivity index (χ0) is 22.0. The highest BCUT2D eigenvalue weighted by Crippen LogP contribution is 2.16. The molecule has 6 nitrogen and oxygen atoms in total. The minimum absolute atomic E-state index is 0. The van der Waals surface area contributed by atoms with Crippen molar-refractivity contribution in [3.05, 3.63) is 0 Å². The number of unbranched alkanes of at least 4 members (excludes halogenated alkanes) is 13. The number of nitrogens with two attached hydrogens (primary N) is 1. The fraction of sp³-hybridized carbons (Fsp3) is 1.00. The molecule has 30 heavy (non-hydrogen) atoms. The maximum atomic E-state index is 10.3. The topological polar surface area (TPSA) is 124 Å². The van der Waals surface area contributed by atoms with E-state index in [9.17, 15) is 4.57 Å². The van der Waals surface area contributed by atoms with Crippen LogP contribution in [0.25, 0.3) is 0 Å². The molecule has 186 valence electrons. The van der Waals surface area contributed by atoms with Gasteiger partial charge in [0.25, 0.3) is 0 Å². The number of rotatable bonds is 21. The Kier molecular flexibility index (Phi) is 36.8. The Morgan fingerprint density at radius 3 is 1.57 bits per heavy atom. The lowest BCUT2D eigenvalue weighted by Gasteiger charge is -2.04. The van der Waals surface area contributed by atoms with Crippen molar-refractivity contribution >= 4 is 20.0 Å². The van der Waals surface area contributed by atoms with Gasteiger partial charge >= 0.3 is 8.25 Å². The van der Waals surface area contributed by atoms with Crippen LogP contribution in [0.15, 0.2) is 0 Å². The van der Waals surface area contributed by atoms with E-state index in [1.165, 1.54) is 95.6 Å². The molecule has 0 saturated carbocycles. The molecule has 0 amide bonds. The second-order valence-electron chi connectivity index (χ2n) is 7.76. The van der Waals surface area contributed by atoms with Gasteiger partial charge in [0.05, 0.1) is 12.7 Å². The fourth-order valence-corrected chi connectivity index (χ4v) is 4.07. The van der Waals surface area contributed by atoms with Crippen molar-refractivity contribution in [3.63, 3.8) is 0 Å². The van der Waals surface area contributed by atoms with Gasteiger partial charge in [-0.05, 0) is 31.3 Å². The Hall–Kier alpha value is 0.380. The van der Waals surface area contributed by atoms with E-state index in [1.807, 2.05) is 11.8 Å². The summed E-state index contributed by atoms with van der Waals surface area (Å²) in [4.78, 5) is 8.51. The van der Waals surface area contributed by atoms with E-state index in [2.05, 4.69) is 11.4 Å². The third-order valence-electron chi connectivity index (χ3n) is 4.64. The monoisotopic (exact) mass is 473 g/mol. The number of hydrogen-bond donors (Lipinski definition) is 3. The predicted molar refractivity (Wildman–Crippen MR) is 134 cm³/mol. The van der Waals surface area contributed by atoms with Gasteiger partial charge < -0.3 is 25.7 Å². The molecule has 0 aromatic rings. The Morgan fingerprint density at radius 2 is 1.20 bits per heavy atom. The number of aliphatic hydroxyl groups excluding tert-OH is 1. The molecule has 0 saturated heterocycles. The van der Waals surface area contributed by atoms with Crippen LogP contribution < -0.4 is 5.73 Å². The lowest BCUT2D eigenvalue weighted by atomic mass is 10.0. The molecule has 0 radical (unpaired) electrons. The molecule has 0 heterocycles. The van der Waals surface area contributed by atoms with Crippen LogP contribution >= 0.6 is 20.0 Å². The molecule has 0 spiro atoms. The van der Waals surface area contributed by atoms with Gasteiger partial charge in [-0.1, -0.05) is 90.4 Å². The highest BCUT2D eigenvalue weighted by Gasteiger charge is 1.96. The molecule has 0 aliphatic heterocycles. The van der Waals surface area contributed by atoms with Crippen LogP contribution in [0.3, 0.4) is 0 Å². The first-order valence-electron chi connectivity index (χ1n) is 11.9. The highest BCUT2D eigenvalue weighted by atomic mass is 32.2. The molecule has 0 aromatic carbocycles. The quantitative estimate of drug-likeness (QED) is 0.149. The van der Waals surface area contributed by atoms with Crippen LogP contribution in [-0.2, 0) is 9.09 Å². The normalized spacial score (nSPS) is 12.6. The summed E-state index contributed by atoms with van der Waals surface area (Å²) in [7, 11) is -2.72. The fourth-order valence-electron chi connectivity index (χ4n) is 2.82. The van der Waals surface area contributed by atoms with Gasteiger partial charge in [0.15, 0.2) is 0 Å². The van der Waals surface area contributed by atoms with E-state index in [4.69, 9.17) is 15.7 Å². The van der Waals surface area contributed by atoms with Crippen LogP contribution in [0.5, 0.6) is 0 Å². The average molecular weight is 474 g/mol. The molecule has 6 N–H and O–H groups in total. The van der Waals surface area contributed by atoms with E-state index < -0.39 is 8.25 Å². The summed E-state index contributed by atoms with van der Waals surface area (Å²) in [5.74, 6) is 2.25. The average Bonchev–Trinajstić information content (AvgIpc) is 2.70. The number of hydrogen-bond acceptors (Lipinski definition) is 5. The molecule has 0 rings (SSSR count). The first-order valence-corrected chi connectivity index (χ1v) is 14.3. The molecule has 0 bridgehead atoms. The Bertz CT molecular complexity index is 326. The van der Waals surface area contributed by atoms with E-state index >= 15 is 0 Å². The molecule has 0 aromatic heterocycles. The minimum atomic E-state index is -2.72. The third kappa shape index (κ3) is 38.9. The summed E-state index contributed by atoms with van der Waals surface area (Å²) in [6, 6.07) is 0. The second kappa shape index (κ2) is 31.6. The maximum Gasteiger partial charge on any atom is 0.316 e. The number of aliphatic hydroxyl groups is 1. The van der Waals surface area contributed by atoms with E-state index in [1.54, 1.807) is 6.92 Å². The Labute approximate surface area is 191 Å². The van der Waals surface area contributed by atoms with Crippen molar-refractivity contribution in [2.45, 2.75) is 116 Å². The summed E-state index contributed by atoms with van der Waals surface area (Å²) < 4.78 is 15.0. The van der Waals surface area contributed by atoms with E-state index in [-0.39, 0.29) is 11.6 Å². The van der Waals surface area contributed by atoms with Crippen LogP contribution in [0, 0.1) is 0 Å². The van der Waals surface area contributed by atoms with E-state index in [0.717, 1.165) is 12.2 Å². The number of thioether (sulfide) groups is 1. The summed E-state index contributed by atoms with van der Waals surface area (Å²) >= 11 is 1.94. The second-order valence-corrected chi connectivity index (χ2v) is 9.81. The summed E-state index contributed by atoms with van der Waals surface area (Å²) in [6.45, 7) is 4.71. The van der Waals surface area contributed by atoms with Crippen LogP contribution in [0.4, 0.5) is 0 Å². The van der Waals surface area contributed by atoms with Gasteiger partial charge in [-0.15, -0.1) is 0 Å². The zero-order valence-corrected chi connectivity index (χ0v) is 21.5. The smallest absolute Gasteiger partial charge is 0.316 e. The van der Waals surface area contributed by atoms with E-state index in [0.29, 0.717) is 13.2 Å². The van der Waals surface area contributed by atoms with Crippen LogP contribution in [0.1, 0.15) is 110 Å². The van der Waals surface area contributed by atoms with Gasteiger partial charge in [-0.25, -0.2) is 0 Å². The molecule has 0 aliphatic rings. The molecule has 8 heteroatoms. The van der Waals surface area contributed by atoms with Crippen molar-refractivity contribution in [1.29, 1.82) is 0 Å². The van der Waals surface area contributed by atoms with Crippen molar-refractivity contribution in [2.75, 3.05) is 24.7 Å². The molecular weight excluding hydrogens is 421 g/mol. The SMILES string of the molecule is CC(O)CN.CCCCCCCCCCCCCCCCSCCCO[PH](=O)O.O. The first-order chi connectivity index (χ1) is 14.0. The largest absolute Gasteiger partial charge is 0.412 e. The molecule has 2 atom stereocenters. The summed E-state index contributed by atoms with van der Waals surface area (Å²) in [5.41, 5.74) is 4.92. The lowest BCUT2D eigenvalue weighted by molar-refractivity contribution is 0.203. The third-order valence-corrected chi connectivity index (χ3v) is 6.25. The Morgan fingerprint density at radius 1 is 0.833 bits per heavy atom. The van der Waals surface area contributed by atoms with Crippen molar-refractivity contribution in [2.24, 2.45) is 5.73 Å². The van der Waals surface area contributed by atoms with Gasteiger partial charge in [0, 0.05) is 6.54 Å². The van der Waals surface area contributed by atoms with Gasteiger partial charge in [0.2, 0.25) is 0 Å². The van der Waals surface area contributed by atoms with Crippen molar-refractivity contribution in [3.8, 4) is 0 Å². The van der Waals surface area contributed by atoms with Crippen molar-refractivity contribution in [1.82, 2.24) is 0 Å². The van der Waals surface area contributed by atoms with Crippen LogP contribution in [-0.4, -0.2) is 46.2 Å². The first kappa shape index (κ1) is 35.0. The standard InChI is InChI=1S/C19H41O3PS.C3H9NO.H2O/c1-2-3-4-5-6-7-8-9-10-11-12-13-14-15-18-24-19-16-17-22-23(20)21;1-3(5)2-4;/h23H,2-19H2,1H3,(H,20,21);3,5H,2,4H2,1H3;1H2. The van der Waals surface area contributed by atoms with Crippen molar-refractivity contribution < 1.29 is 24.6 Å². The summed E-state index contributed by atoms with van der Waals surface area (Å²) in [5, 5.41) is 8.24. The Balaban J connectivity index is -0.00000108. The zero-order valence-electron chi connectivity index (χ0n) is 19.7. The molecule has 0 aliphatic carbocycles.